The highest BCUT2D eigenvalue weighted by Crippen LogP contribution is 2.40. The summed E-state index contributed by atoms with van der Waals surface area (Å²) in [5.74, 6) is 0.867. The molecular weight excluding hydrogens is 412 g/mol. The molecule has 0 radical (unpaired) electrons. The van der Waals surface area contributed by atoms with E-state index in [1.165, 1.54) is 36.5 Å². The summed E-state index contributed by atoms with van der Waals surface area (Å²) in [6.45, 7) is 11.0. The van der Waals surface area contributed by atoms with Crippen LogP contribution in [0.2, 0.25) is 0 Å². The number of esters is 1. The minimum atomic E-state index is -0.380. The van der Waals surface area contributed by atoms with E-state index >= 15 is 0 Å². The average Bonchev–Trinajstić information content (AvgIpc) is 2.76. The second-order valence-electron chi connectivity index (χ2n) is 9.22. The van der Waals surface area contributed by atoms with E-state index in [1.807, 2.05) is 25.1 Å². The van der Waals surface area contributed by atoms with E-state index in [0.717, 1.165) is 16.7 Å². The molecule has 1 aliphatic carbocycles. The topological polar surface area (TPSA) is 44.8 Å². The number of rotatable bonds is 9. The van der Waals surface area contributed by atoms with Crippen LogP contribution in [0.5, 0.6) is 11.5 Å². The number of carbonyl (C=O) groups excluding carboxylic acids is 1. The normalized spacial score (nSPS) is 17.1. The van der Waals surface area contributed by atoms with Crippen LogP contribution in [0.1, 0.15) is 59.4 Å². The maximum absolute atomic E-state index is 12.2. The molecule has 0 spiro atoms. The predicted octanol–water partition coefficient (Wildman–Crippen LogP) is 7.28. The highest BCUT2D eigenvalue weighted by Gasteiger charge is 2.26. The number of hydrogen-bond donors (Lipinski definition) is 0. The Morgan fingerprint density at radius 3 is 2.45 bits per heavy atom. The van der Waals surface area contributed by atoms with Crippen molar-refractivity contribution in [1.82, 2.24) is 0 Å². The van der Waals surface area contributed by atoms with Crippen LogP contribution < -0.4 is 9.47 Å². The molecule has 0 atom stereocenters. The standard InChI is InChI=1S/C29H38O4/c1-21(13-15-25-23(3)12-9-17-29(25,4)5)10-8-11-22(2)18-28(30)33-20-24-14-16-26(31-6)27(19-24)32-7/h8,10-11,13-16,18-19H,9,12,17,20H2,1-7H3/b11-8+,15-13+,21-10+,22-18+. The Morgan fingerprint density at radius 2 is 1.79 bits per heavy atom. The van der Waals surface area contributed by atoms with Gasteiger partial charge in [0.2, 0.25) is 0 Å². The number of hydrogen-bond acceptors (Lipinski definition) is 4. The molecule has 33 heavy (non-hydrogen) atoms. The van der Waals surface area contributed by atoms with E-state index in [0.29, 0.717) is 11.5 Å². The molecule has 0 unspecified atom stereocenters. The Balaban J connectivity index is 1.92. The van der Waals surface area contributed by atoms with Gasteiger partial charge in [-0.3, -0.25) is 0 Å². The molecule has 0 saturated carbocycles. The van der Waals surface area contributed by atoms with Crippen molar-refractivity contribution in [2.75, 3.05) is 14.2 Å². The third-order valence-electron chi connectivity index (χ3n) is 5.95. The molecule has 0 N–H and O–H groups in total. The van der Waals surface area contributed by atoms with Crippen molar-refractivity contribution in [2.24, 2.45) is 5.41 Å². The van der Waals surface area contributed by atoms with Crippen LogP contribution >= 0.6 is 0 Å². The van der Waals surface area contributed by atoms with Crippen molar-refractivity contribution in [3.05, 3.63) is 82.5 Å². The molecule has 0 amide bonds. The van der Waals surface area contributed by atoms with Gasteiger partial charge in [0.25, 0.3) is 0 Å². The average molecular weight is 451 g/mol. The molecule has 0 aliphatic heterocycles. The van der Waals surface area contributed by atoms with Crippen LogP contribution in [-0.2, 0) is 16.1 Å². The van der Waals surface area contributed by atoms with E-state index in [-0.39, 0.29) is 18.0 Å². The number of methoxy groups -OCH3 is 2. The number of allylic oxidation sites excluding steroid dienone is 9. The maximum Gasteiger partial charge on any atom is 0.331 e. The van der Waals surface area contributed by atoms with E-state index in [4.69, 9.17) is 14.2 Å². The molecule has 0 fully saturated rings. The summed E-state index contributed by atoms with van der Waals surface area (Å²) in [4.78, 5) is 12.2. The highest BCUT2D eigenvalue weighted by atomic mass is 16.5. The first-order valence-corrected chi connectivity index (χ1v) is 11.5. The first kappa shape index (κ1) is 26.2. The maximum atomic E-state index is 12.2. The van der Waals surface area contributed by atoms with Crippen molar-refractivity contribution in [3.8, 4) is 11.5 Å². The van der Waals surface area contributed by atoms with Crippen LogP contribution in [-0.4, -0.2) is 20.2 Å². The fraction of sp³-hybridized carbons (Fsp3) is 0.414. The van der Waals surface area contributed by atoms with Crippen molar-refractivity contribution < 1.29 is 19.0 Å². The fourth-order valence-corrected chi connectivity index (χ4v) is 4.03. The minimum Gasteiger partial charge on any atom is -0.493 e. The van der Waals surface area contributed by atoms with Gasteiger partial charge in [0.15, 0.2) is 11.5 Å². The van der Waals surface area contributed by atoms with Crippen LogP contribution in [0.3, 0.4) is 0 Å². The molecule has 4 nitrogen and oxygen atoms in total. The summed E-state index contributed by atoms with van der Waals surface area (Å²) in [6, 6.07) is 5.44. The zero-order chi connectivity index (χ0) is 24.4. The Labute approximate surface area is 199 Å². The number of ether oxygens (including phenoxy) is 3. The van der Waals surface area contributed by atoms with Crippen molar-refractivity contribution in [3.63, 3.8) is 0 Å². The summed E-state index contributed by atoms with van der Waals surface area (Å²) < 4.78 is 15.9. The largest absolute Gasteiger partial charge is 0.493 e. The first-order valence-electron chi connectivity index (χ1n) is 11.5. The summed E-state index contributed by atoms with van der Waals surface area (Å²) >= 11 is 0. The molecular formula is C29H38O4. The van der Waals surface area contributed by atoms with Crippen LogP contribution in [0, 0.1) is 5.41 Å². The van der Waals surface area contributed by atoms with Gasteiger partial charge in [0.05, 0.1) is 14.2 Å². The second-order valence-corrected chi connectivity index (χ2v) is 9.22. The Bertz CT molecular complexity index is 987. The van der Waals surface area contributed by atoms with Gasteiger partial charge in [0, 0.05) is 6.08 Å². The molecule has 178 valence electrons. The highest BCUT2D eigenvalue weighted by molar-refractivity contribution is 5.83. The van der Waals surface area contributed by atoms with Crippen LogP contribution in [0.4, 0.5) is 0 Å². The first-order chi connectivity index (χ1) is 15.7. The third-order valence-corrected chi connectivity index (χ3v) is 5.95. The molecule has 0 saturated heterocycles. The van der Waals surface area contributed by atoms with Crippen LogP contribution in [0.25, 0.3) is 0 Å². The Morgan fingerprint density at radius 1 is 1.06 bits per heavy atom. The minimum absolute atomic E-state index is 0.169. The summed E-state index contributed by atoms with van der Waals surface area (Å²) in [5.41, 5.74) is 6.02. The van der Waals surface area contributed by atoms with E-state index in [1.54, 1.807) is 26.4 Å². The Kier molecular flexibility index (Phi) is 9.77. The lowest BCUT2D eigenvalue weighted by molar-refractivity contribution is -0.139. The fourth-order valence-electron chi connectivity index (χ4n) is 4.03. The lowest BCUT2D eigenvalue weighted by Gasteiger charge is -2.32. The molecule has 2 rings (SSSR count). The smallest absolute Gasteiger partial charge is 0.331 e. The molecule has 1 aromatic rings. The molecule has 4 heteroatoms. The molecule has 1 aliphatic rings. The molecule has 0 bridgehead atoms. The van der Waals surface area contributed by atoms with Crippen molar-refractivity contribution >= 4 is 5.97 Å². The zero-order valence-corrected chi connectivity index (χ0v) is 21.2. The van der Waals surface area contributed by atoms with Gasteiger partial charge in [-0.05, 0) is 74.3 Å². The Hall–Kier alpha value is -3.01. The van der Waals surface area contributed by atoms with Crippen molar-refractivity contribution in [1.29, 1.82) is 0 Å². The quantitative estimate of drug-likeness (QED) is 0.225. The second kappa shape index (κ2) is 12.3. The van der Waals surface area contributed by atoms with Gasteiger partial charge in [-0.2, -0.15) is 0 Å². The van der Waals surface area contributed by atoms with Gasteiger partial charge >= 0.3 is 5.97 Å². The third kappa shape index (κ3) is 8.12. The SMILES string of the molecule is COc1ccc(COC(=O)/C=C(C)/C=C/C=C(C)/C=C/C2=C(C)CCCC2(C)C)cc1OC. The summed E-state index contributed by atoms with van der Waals surface area (Å²) in [5, 5.41) is 0. The van der Waals surface area contributed by atoms with Gasteiger partial charge in [-0.15, -0.1) is 0 Å². The monoisotopic (exact) mass is 450 g/mol. The van der Waals surface area contributed by atoms with Gasteiger partial charge in [0.1, 0.15) is 6.61 Å². The van der Waals surface area contributed by atoms with E-state index < -0.39 is 0 Å². The molecule has 0 aromatic heterocycles. The van der Waals surface area contributed by atoms with Gasteiger partial charge in [-0.25, -0.2) is 4.79 Å². The van der Waals surface area contributed by atoms with Crippen molar-refractivity contribution in [2.45, 2.75) is 60.5 Å². The zero-order valence-electron chi connectivity index (χ0n) is 21.2. The number of carbonyl (C=O) groups is 1. The summed E-state index contributed by atoms with van der Waals surface area (Å²) in [6.07, 6.45) is 15.6. The van der Waals surface area contributed by atoms with Gasteiger partial charge < -0.3 is 14.2 Å². The van der Waals surface area contributed by atoms with Gasteiger partial charge in [-0.1, -0.05) is 61.4 Å². The van der Waals surface area contributed by atoms with E-state index in [9.17, 15) is 4.79 Å². The predicted molar refractivity (Wildman–Crippen MR) is 135 cm³/mol. The summed E-state index contributed by atoms with van der Waals surface area (Å²) in [7, 11) is 3.16. The van der Waals surface area contributed by atoms with Crippen LogP contribution in [0.15, 0.2) is 76.9 Å². The number of benzene rings is 1. The van der Waals surface area contributed by atoms with E-state index in [2.05, 4.69) is 45.9 Å². The lowest BCUT2D eigenvalue weighted by atomic mass is 9.72. The lowest BCUT2D eigenvalue weighted by Crippen LogP contribution is -2.19. The molecule has 0 heterocycles. The molecule has 1 aromatic carbocycles.